The van der Waals surface area contributed by atoms with E-state index < -0.39 is 29.7 Å². The molecule has 0 radical (unpaired) electrons. The Morgan fingerprint density at radius 2 is 2.22 bits per heavy atom. The zero-order valence-electron chi connectivity index (χ0n) is 9.49. The quantitative estimate of drug-likeness (QED) is 0.833. The molecule has 0 spiro atoms. The summed E-state index contributed by atoms with van der Waals surface area (Å²) < 4.78 is 31.3. The second-order valence-corrected chi connectivity index (χ2v) is 4.36. The lowest BCUT2D eigenvalue weighted by atomic mass is 10.0. The van der Waals surface area contributed by atoms with Gasteiger partial charge < -0.3 is 15.6 Å². The number of hydrogen-bond acceptors (Lipinski definition) is 4. The number of benzene rings is 1. The van der Waals surface area contributed by atoms with E-state index >= 15 is 0 Å². The van der Waals surface area contributed by atoms with Gasteiger partial charge in [0.2, 0.25) is 6.17 Å². The third kappa shape index (κ3) is 3.17. The van der Waals surface area contributed by atoms with Crippen molar-refractivity contribution < 1.29 is 23.4 Å². The number of phenols is 1. The summed E-state index contributed by atoms with van der Waals surface area (Å²) in [5, 5.41) is 9.64. The highest BCUT2D eigenvalue weighted by molar-refractivity contribution is 9.10. The summed E-state index contributed by atoms with van der Waals surface area (Å²) in [6, 6.07) is 0.371. The van der Waals surface area contributed by atoms with Gasteiger partial charge in [0.1, 0.15) is 11.6 Å². The molecule has 1 unspecified atom stereocenters. The van der Waals surface area contributed by atoms with Crippen molar-refractivity contribution in [2.24, 2.45) is 5.73 Å². The lowest BCUT2D eigenvalue weighted by Gasteiger charge is -2.17. The maximum Gasteiger partial charge on any atom is 0.342 e. The molecule has 100 valence electrons. The molecular weight excluding hydrogens is 312 g/mol. The van der Waals surface area contributed by atoms with Gasteiger partial charge in [-0.15, -0.1) is 0 Å². The van der Waals surface area contributed by atoms with Crippen molar-refractivity contribution in [3.63, 3.8) is 0 Å². The molecule has 1 rings (SSSR count). The molecule has 0 amide bonds. The van der Waals surface area contributed by atoms with E-state index in [4.69, 9.17) is 5.73 Å². The molecule has 7 heteroatoms. The number of phenolic OH excluding ortho intramolecular Hbond substituents is 1. The zero-order chi connectivity index (χ0) is 13.9. The lowest BCUT2D eigenvalue weighted by molar-refractivity contribution is -0.149. The predicted molar refractivity (Wildman–Crippen MR) is 64.2 cm³/mol. The molecule has 0 aliphatic rings. The van der Waals surface area contributed by atoms with Gasteiger partial charge in [-0.3, -0.25) is 0 Å². The number of ether oxygens (including phenoxy) is 1. The van der Waals surface area contributed by atoms with Crippen LogP contribution in [-0.4, -0.2) is 23.9 Å². The smallest absolute Gasteiger partial charge is 0.342 e. The number of carbonyl (C=O) groups excluding carboxylic acids is 1. The number of hydrogen-bond donors (Lipinski definition) is 2. The maximum absolute atomic E-state index is 13.7. The molecule has 18 heavy (non-hydrogen) atoms. The van der Waals surface area contributed by atoms with Crippen molar-refractivity contribution in [2.45, 2.75) is 19.1 Å². The molecule has 0 aliphatic carbocycles. The Bertz CT molecular complexity index is 456. The molecule has 0 heterocycles. The largest absolute Gasteiger partial charge is 0.506 e. The number of halogens is 3. The van der Waals surface area contributed by atoms with Crippen molar-refractivity contribution in [3.8, 4) is 5.75 Å². The van der Waals surface area contributed by atoms with Gasteiger partial charge in [-0.05, 0) is 35.0 Å². The summed E-state index contributed by atoms with van der Waals surface area (Å²) >= 11 is 2.90. The molecule has 0 aromatic heterocycles. The summed E-state index contributed by atoms with van der Waals surface area (Å²) in [5.41, 5.74) is 5.28. The Morgan fingerprint density at radius 3 is 2.78 bits per heavy atom. The minimum Gasteiger partial charge on any atom is -0.506 e. The van der Waals surface area contributed by atoms with E-state index in [1.807, 2.05) is 0 Å². The van der Waals surface area contributed by atoms with Gasteiger partial charge in [0, 0.05) is 5.56 Å². The third-order valence-electron chi connectivity index (χ3n) is 2.24. The van der Waals surface area contributed by atoms with Crippen LogP contribution in [0.2, 0.25) is 0 Å². The van der Waals surface area contributed by atoms with Crippen LogP contribution in [0.1, 0.15) is 18.5 Å². The Labute approximate surface area is 111 Å². The highest BCUT2D eigenvalue weighted by Gasteiger charge is 2.30. The molecule has 0 bridgehead atoms. The van der Waals surface area contributed by atoms with Crippen LogP contribution in [0.25, 0.3) is 0 Å². The monoisotopic (exact) mass is 323 g/mol. The number of carbonyl (C=O) groups is 1. The summed E-state index contributed by atoms with van der Waals surface area (Å²) in [6.45, 7) is 1.52. The van der Waals surface area contributed by atoms with Gasteiger partial charge >= 0.3 is 5.97 Å². The first-order valence-corrected chi connectivity index (χ1v) is 5.92. The van der Waals surface area contributed by atoms with Crippen molar-refractivity contribution >= 4 is 21.9 Å². The Hall–Kier alpha value is -1.21. The molecule has 4 nitrogen and oxygen atoms in total. The second-order valence-electron chi connectivity index (χ2n) is 3.51. The van der Waals surface area contributed by atoms with Crippen molar-refractivity contribution in [2.75, 3.05) is 6.61 Å². The second kappa shape index (κ2) is 6.10. The van der Waals surface area contributed by atoms with E-state index in [-0.39, 0.29) is 16.6 Å². The Morgan fingerprint density at radius 1 is 1.61 bits per heavy atom. The third-order valence-corrected chi connectivity index (χ3v) is 2.85. The van der Waals surface area contributed by atoms with Crippen LogP contribution in [0.15, 0.2) is 16.6 Å². The summed E-state index contributed by atoms with van der Waals surface area (Å²) in [7, 11) is 0. The van der Waals surface area contributed by atoms with Crippen LogP contribution < -0.4 is 5.73 Å². The molecule has 0 fully saturated rings. The number of esters is 1. The van der Waals surface area contributed by atoms with E-state index in [0.717, 1.165) is 12.1 Å². The first kappa shape index (κ1) is 14.8. The zero-order valence-corrected chi connectivity index (χ0v) is 11.1. The van der Waals surface area contributed by atoms with Crippen LogP contribution in [0.4, 0.5) is 8.78 Å². The Kier molecular flexibility index (Phi) is 5.03. The minimum atomic E-state index is -2.18. The van der Waals surface area contributed by atoms with Crippen molar-refractivity contribution in [3.05, 3.63) is 28.0 Å². The van der Waals surface area contributed by atoms with Gasteiger partial charge in [-0.2, -0.15) is 0 Å². The number of aromatic hydroxyl groups is 1. The van der Waals surface area contributed by atoms with Crippen molar-refractivity contribution in [1.29, 1.82) is 0 Å². The van der Waals surface area contributed by atoms with E-state index in [0.29, 0.717) is 0 Å². The van der Waals surface area contributed by atoms with Crippen molar-refractivity contribution in [1.82, 2.24) is 0 Å². The topological polar surface area (TPSA) is 72.5 Å². The van der Waals surface area contributed by atoms with Crippen LogP contribution in [0.5, 0.6) is 5.75 Å². The highest BCUT2D eigenvalue weighted by atomic mass is 79.9. The first-order chi connectivity index (χ1) is 8.38. The van der Waals surface area contributed by atoms with Gasteiger partial charge in [0.15, 0.2) is 0 Å². The van der Waals surface area contributed by atoms with E-state index in [1.165, 1.54) is 6.92 Å². The number of alkyl halides is 1. The van der Waals surface area contributed by atoms with Gasteiger partial charge in [0.25, 0.3) is 0 Å². The van der Waals surface area contributed by atoms with Crippen LogP contribution >= 0.6 is 15.9 Å². The SMILES string of the molecule is CCOC(=O)C(F)[C@@H](N)c1cc(F)cc(Br)c1O. The Balaban J connectivity index is 3.03. The van der Waals surface area contributed by atoms with Crippen LogP contribution in [0, 0.1) is 5.82 Å². The molecule has 1 aromatic rings. The summed E-state index contributed by atoms with van der Waals surface area (Å²) in [5.74, 6) is -2.26. The number of nitrogens with two attached hydrogens (primary N) is 1. The predicted octanol–water partition coefficient (Wildman–Crippen LogP) is 2.19. The first-order valence-electron chi connectivity index (χ1n) is 5.12. The molecule has 0 saturated carbocycles. The fourth-order valence-corrected chi connectivity index (χ4v) is 1.81. The van der Waals surface area contributed by atoms with Gasteiger partial charge in [-0.25, -0.2) is 13.6 Å². The van der Waals surface area contributed by atoms with Crippen LogP contribution in [-0.2, 0) is 9.53 Å². The van der Waals surface area contributed by atoms with Gasteiger partial charge in [-0.1, -0.05) is 0 Å². The fraction of sp³-hybridized carbons (Fsp3) is 0.364. The standard InChI is InChI=1S/C11H12BrF2NO3/c1-2-18-11(17)8(14)9(15)6-3-5(13)4-7(12)10(6)16/h3-4,8-9,16H,2,15H2,1H3/t8?,9-/m0/s1. The number of rotatable bonds is 4. The van der Waals surface area contributed by atoms with Gasteiger partial charge in [0.05, 0.1) is 17.1 Å². The lowest BCUT2D eigenvalue weighted by Crippen LogP contribution is -2.31. The summed E-state index contributed by atoms with van der Waals surface area (Å²) in [6.07, 6.45) is -2.18. The van der Waals surface area contributed by atoms with E-state index in [1.54, 1.807) is 0 Å². The molecular formula is C11H12BrF2NO3. The van der Waals surface area contributed by atoms with E-state index in [2.05, 4.69) is 20.7 Å². The molecule has 3 N–H and O–H groups in total. The average Bonchev–Trinajstić information content (AvgIpc) is 2.32. The van der Waals surface area contributed by atoms with E-state index in [9.17, 15) is 18.7 Å². The molecule has 0 aliphatic heterocycles. The minimum absolute atomic E-state index is 0.00476. The normalized spacial score (nSPS) is 14.1. The van der Waals surface area contributed by atoms with Crippen LogP contribution in [0.3, 0.4) is 0 Å². The summed E-state index contributed by atoms with van der Waals surface area (Å²) in [4.78, 5) is 11.2. The molecule has 0 saturated heterocycles. The average molecular weight is 324 g/mol. The molecule has 1 aromatic carbocycles. The highest BCUT2D eigenvalue weighted by Crippen LogP contribution is 2.34. The molecule has 2 atom stereocenters. The maximum atomic E-state index is 13.7. The fourth-order valence-electron chi connectivity index (χ4n) is 1.37.